The zero-order valence-electron chi connectivity index (χ0n) is 6.57. The predicted molar refractivity (Wildman–Crippen MR) is 54.0 cm³/mol. The summed E-state index contributed by atoms with van der Waals surface area (Å²) in [6.07, 6.45) is 3.94. The largest absolute Gasteiger partial charge is 0.192 e. The van der Waals surface area contributed by atoms with Crippen LogP contribution in [0.2, 0.25) is 0 Å². The highest BCUT2D eigenvalue weighted by Crippen LogP contribution is 2.04. The van der Waals surface area contributed by atoms with Crippen LogP contribution < -0.4 is 0 Å². The summed E-state index contributed by atoms with van der Waals surface area (Å²) >= 11 is 4.05. The Morgan fingerprint density at radius 2 is 2.00 bits per heavy atom. The zero-order valence-corrected chi connectivity index (χ0v) is 7.46. The van der Waals surface area contributed by atoms with Crippen molar-refractivity contribution >= 4 is 18.7 Å². The molecule has 0 N–H and O–H groups in total. The molecule has 0 fully saturated rings. The highest BCUT2D eigenvalue weighted by atomic mass is 32.1. The lowest BCUT2D eigenvalue weighted by Crippen LogP contribution is -1.74. The molecule has 0 aliphatic carbocycles. The Kier molecular flexibility index (Phi) is 3.43. The van der Waals surface area contributed by atoms with Gasteiger partial charge in [-0.2, -0.15) is 17.9 Å². The van der Waals surface area contributed by atoms with E-state index in [-0.39, 0.29) is 0 Å². The molecule has 60 valence electrons. The molecule has 12 heavy (non-hydrogen) atoms. The van der Waals surface area contributed by atoms with Crippen LogP contribution in [0.1, 0.15) is 11.1 Å². The average molecular weight is 175 g/mol. The van der Waals surface area contributed by atoms with Crippen LogP contribution in [0, 0.1) is 11.3 Å². The van der Waals surface area contributed by atoms with Crippen LogP contribution in [-0.4, -0.2) is 5.75 Å². The van der Waals surface area contributed by atoms with Gasteiger partial charge in [-0.15, -0.1) is 0 Å². The van der Waals surface area contributed by atoms with Crippen molar-refractivity contribution in [3.05, 3.63) is 41.5 Å². The molecule has 0 radical (unpaired) electrons. The van der Waals surface area contributed by atoms with Gasteiger partial charge in [0.1, 0.15) is 0 Å². The summed E-state index contributed by atoms with van der Waals surface area (Å²) in [5.74, 6) is 0.736. The Hall–Kier alpha value is -1.20. The second-order valence-electron chi connectivity index (χ2n) is 2.32. The van der Waals surface area contributed by atoms with Crippen molar-refractivity contribution in [1.82, 2.24) is 0 Å². The van der Waals surface area contributed by atoms with Crippen molar-refractivity contribution in [1.29, 1.82) is 5.26 Å². The molecule has 0 unspecified atom stereocenters. The molecular formula is C10H9NS. The van der Waals surface area contributed by atoms with E-state index in [1.807, 2.05) is 24.3 Å². The van der Waals surface area contributed by atoms with E-state index < -0.39 is 0 Å². The summed E-state index contributed by atoms with van der Waals surface area (Å²) in [6, 6.07) is 9.51. The quantitative estimate of drug-likeness (QED) is 0.686. The molecule has 0 bridgehead atoms. The van der Waals surface area contributed by atoms with Crippen molar-refractivity contribution in [2.75, 3.05) is 5.75 Å². The first kappa shape index (κ1) is 8.89. The number of nitrogens with zero attached hydrogens (tertiary/aromatic N) is 1. The molecule has 0 aliphatic heterocycles. The van der Waals surface area contributed by atoms with E-state index in [4.69, 9.17) is 5.26 Å². The van der Waals surface area contributed by atoms with E-state index in [0.29, 0.717) is 5.56 Å². The minimum Gasteiger partial charge on any atom is -0.192 e. The maximum atomic E-state index is 8.52. The van der Waals surface area contributed by atoms with Crippen molar-refractivity contribution in [2.24, 2.45) is 0 Å². The number of benzene rings is 1. The molecule has 0 amide bonds. The Labute approximate surface area is 77.7 Å². The second-order valence-corrected chi connectivity index (χ2v) is 2.68. The molecule has 1 nitrogen and oxygen atoms in total. The maximum Gasteiger partial charge on any atom is 0.0991 e. The molecule has 0 saturated carbocycles. The fraction of sp³-hybridized carbons (Fsp3) is 0.100. The van der Waals surface area contributed by atoms with E-state index in [9.17, 15) is 0 Å². The first-order chi connectivity index (χ1) is 5.86. The van der Waals surface area contributed by atoms with Crippen molar-refractivity contribution in [3.63, 3.8) is 0 Å². The first-order valence-corrected chi connectivity index (χ1v) is 4.27. The lowest BCUT2D eigenvalue weighted by atomic mass is 10.1. The second kappa shape index (κ2) is 4.63. The number of hydrogen-bond acceptors (Lipinski definition) is 2. The number of thiol groups is 1. The van der Waals surface area contributed by atoms with Crippen LogP contribution >= 0.6 is 12.6 Å². The van der Waals surface area contributed by atoms with Gasteiger partial charge in [-0.3, -0.25) is 0 Å². The average Bonchev–Trinajstić information content (AvgIpc) is 2.15. The number of hydrogen-bond donors (Lipinski definition) is 1. The van der Waals surface area contributed by atoms with Crippen LogP contribution in [-0.2, 0) is 0 Å². The molecule has 1 aromatic rings. The molecule has 0 saturated heterocycles. The van der Waals surface area contributed by atoms with Crippen molar-refractivity contribution < 1.29 is 0 Å². The van der Waals surface area contributed by atoms with E-state index >= 15 is 0 Å². The molecule has 1 aromatic carbocycles. The van der Waals surface area contributed by atoms with Gasteiger partial charge in [0, 0.05) is 5.75 Å². The standard InChI is InChI=1S/C10H9NS/c11-8-10-5-3-9(4-6-10)2-1-7-12/h1-6,12H,7H2. The lowest BCUT2D eigenvalue weighted by molar-refractivity contribution is 1.48. The van der Waals surface area contributed by atoms with Gasteiger partial charge in [-0.05, 0) is 17.7 Å². The molecule has 0 spiro atoms. The summed E-state index contributed by atoms with van der Waals surface area (Å²) in [5.41, 5.74) is 1.79. The first-order valence-electron chi connectivity index (χ1n) is 3.64. The van der Waals surface area contributed by atoms with Gasteiger partial charge in [-0.25, -0.2) is 0 Å². The third-order valence-electron chi connectivity index (χ3n) is 1.46. The molecule has 2 heteroatoms. The highest BCUT2D eigenvalue weighted by molar-refractivity contribution is 7.80. The SMILES string of the molecule is N#Cc1ccc(C=CCS)cc1. The summed E-state index contributed by atoms with van der Waals surface area (Å²) < 4.78 is 0. The summed E-state index contributed by atoms with van der Waals surface area (Å²) in [6.45, 7) is 0. The normalized spacial score (nSPS) is 10.0. The number of rotatable bonds is 2. The Balaban J connectivity index is 2.80. The van der Waals surface area contributed by atoms with E-state index in [1.54, 1.807) is 12.1 Å². The van der Waals surface area contributed by atoms with Crippen molar-refractivity contribution in [3.8, 4) is 6.07 Å². The Bertz CT molecular complexity index is 306. The minimum absolute atomic E-state index is 0.693. The molecule has 1 rings (SSSR count). The lowest BCUT2D eigenvalue weighted by Gasteiger charge is -1.91. The summed E-state index contributed by atoms with van der Waals surface area (Å²) in [7, 11) is 0. The van der Waals surface area contributed by atoms with Crippen LogP contribution in [0.3, 0.4) is 0 Å². The van der Waals surface area contributed by atoms with Crippen molar-refractivity contribution in [2.45, 2.75) is 0 Å². The molecule has 0 aliphatic rings. The van der Waals surface area contributed by atoms with Gasteiger partial charge in [0.15, 0.2) is 0 Å². The monoisotopic (exact) mass is 175 g/mol. The van der Waals surface area contributed by atoms with Crippen LogP contribution in [0.25, 0.3) is 6.08 Å². The molecule has 0 atom stereocenters. The molecule has 0 heterocycles. The van der Waals surface area contributed by atoms with Crippen LogP contribution in [0.15, 0.2) is 30.3 Å². The van der Waals surface area contributed by atoms with Gasteiger partial charge in [0.05, 0.1) is 11.6 Å². The van der Waals surface area contributed by atoms with Crippen LogP contribution in [0.4, 0.5) is 0 Å². The van der Waals surface area contributed by atoms with Gasteiger partial charge >= 0.3 is 0 Å². The van der Waals surface area contributed by atoms with Crippen LogP contribution in [0.5, 0.6) is 0 Å². The maximum absolute atomic E-state index is 8.52. The number of nitriles is 1. The topological polar surface area (TPSA) is 23.8 Å². The van der Waals surface area contributed by atoms with Gasteiger partial charge in [-0.1, -0.05) is 24.3 Å². The third-order valence-corrected chi connectivity index (χ3v) is 1.67. The van der Waals surface area contributed by atoms with E-state index in [2.05, 4.69) is 18.7 Å². The minimum atomic E-state index is 0.693. The predicted octanol–water partition coefficient (Wildman–Crippen LogP) is 2.50. The van der Waals surface area contributed by atoms with E-state index in [1.165, 1.54) is 0 Å². The third kappa shape index (κ3) is 2.44. The Morgan fingerprint density at radius 1 is 1.33 bits per heavy atom. The van der Waals surface area contributed by atoms with Gasteiger partial charge in [0.25, 0.3) is 0 Å². The van der Waals surface area contributed by atoms with Gasteiger partial charge in [0.2, 0.25) is 0 Å². The fourth-order valence-electron chi connectivity index (χ4n) is 0.858. The Morgan fingerprint density at radius 3 is 2.50 bits per heavy atom. The van der Waals surface area contributed by atoms with Gasteiger partial charge < -0.3 is 0 Å². The highest BCUT2D eigenvalue weighted by Gasteiger charge is 1.87. The molecule has 0 aromatic heterocycles. The molecular weight excluding hydrogens is 166 g/mol. The fourth-order valence-corrected chi connectivity index (χ4v) is 0.963. The summed E-state index contributed by atoms with van der Waals surface area (Å²) in [4.78, 5) is 0. The zero-order chi connectivity index (χ0) is 8.81. The smallest absolute Gasteiger partial charge is 0.0991 e. The van der Waals surface area contributed by atoms with E-state index in [0.717, 1.165) is 11.3 Å². The summed E-state index contributed by atoms with van der Waals surface area (Å²) in [5, 5.41) is 8.52.